The Morgan fingerprint density at radius 2 is 1.30 bits per heavy atom. The Morgan fingerprint density at radius 1 is 0.718 bits per heavy atom. The number of H-pyrrole nitrogens is 2. The van der Waals surface area contributed by atoms with Gasteiger partial charge in [0.15, 0.2) is 11.6 Å². The van der Waals surface area contributed by atoms with Crippen molar-refractivity contribution in [1.29, 1.82) is 0 Å². The minimum Gasteiger partial charge on any atom is -0.453 e. The molecule has 3 saturated heterocycles. The van der Waals surface area contributed by atoms with Crippen LogP contribution in [-0.4, -0.2) is 101 Å². The highest BCUT2D eigenvalue weighted by atomic mass is 19.1. The number of unbranched alkanes of at least 4 members (excludes halogenated alkanes) is 1. The van der Waals surface area contributed by atoms with Crippen LogP contribution in [0.3, 0.4) is 0 Å². The smallest absolute Gasteiger partial charge is 0.407 e. The van der Waals surface area contributed by atoms with Gasteiger partial charge in [-0.15, -0.1) is 12.8 Å². The van der Waals surface area contributed by atoms with Crippen LogP contribution in [0, 0.1) is 36.3 Å². The number of imidazole rings is 2. The van der Waals surface area contributed by atoms with Gasteiger partial charge in [0.1, 0.15) is 29.4 Å². The van der Waals surface area contributed by atoms with Gasteiger partial charge in [-0.2, -0.15) is 0 Å². The van der Waals surface area contributed by atoms with Crippen LogP contribution in [-0.2, 0) is 25.5 Å². The van der Waals surface area contributed by atoms with Crippen molar-refractivity contribution in [1.82, 2.24) is 40.8 Å². The van der Waals surface area contributed by atoms with Crippen molar-refractivity contribution in [2.45, 2.75) is 122 Å². The Labute approximate surface area is 414 Å². The molecule has 3 aliphatic heterocycles. The summed E-state index contributed by atoms with van der Waals surface area (Å²) >= 11 is 0. The zero-order valence-electron chi connectivity index (χ0n) is 41.7. The van der Waals surface area contributed by atoms with Crippen LogP contribution in [0.5, 0.6) is 0 Å². The van der Waals surface area contributed by atoms with Crippen LogP contribution in [0.25, 0.3) is 22.1 Å². The number of nitrogens with zero attached hydrogens (tertiary/aromatic N) is 5. The fourth-order valence-corrected chi connectivity index (χ4v) is 10.4. The Bertz CT molecular complexity index is 2670. The number of carbonyl (C=O) groups excluding carboxylic acids is 4. The van der Waals surface area contributed by atoms with E-state index >= 15 is 8.78 Å². The van der Waals surface area contributed by atoms with Crippen molar-refractivity contribution < 1.29 is 37.4 Å². The Balaban J connectivity index is 0.00000366. The second-order valence-corrected chi connectivity index (χ2v) is 19.3. The van der Waals surface area contributed by atoms with Crippen molar-refractivity contribution in [3.63, 3.8) is 0 Å². The van der Waals surface area contributed by atoms with Crippen LogP contribution < -0.4 is 25.8 Å². The molecule has 16 nitrogen and oxygen atoms in total. The molecule has 1 unspecified atom stereocenters. The standard InChI is InChI=1S/C51H66F2N10O6.C2H2/c1-29(2)44(59-50(66)68-5)48(64)54-21-9-8-14-43-55-36-17-15-31(25-38(36)56-43)40-19-20-41(63(40)33-27-34(52)46(35(53)28-33)61-22-10-7-11-23-61)32-16-18-37-39(26-32)58-47(57-37)42-13-12-24-62(42)49(65)45(30(3)4)60-51(67)69-6;1-2/h15-18,25-30,40-42,44-45H,7-14,19-24H2,1-6H3,(H,54,64)(H,55,56)(H,57,58)(H,59,66)(H,60,67);1-2H/t40-,41-,42+,44?,45+;/m1./s1. The van der Waals surface area contributed by atoms with Crippen LogP contribution in [0.1, 0.15) is 126 Å². The van der Waals surface area contributed by atoms with Crippen LogP contribution in [0.2, 0.25) is 0 Å². The van der Waals surface area contributed by atoms with Gasteiger partial charge in [-0.05, 0) is 117 Å². The molecule has 380 valence electrons. The second kappa shape index (κ2) is 23.3. The number of alkyl carbamates (subject to hydrolysis) is 2. The van der Waals surface area contributed by atoms with E-state index in [1.807, 2.05) is 50.8 Å². The van der Waals surface area contributed by atoms with E-state index < -0.39 is 35.9 Å². The number of terminal acetylenes is 1. The molecule has 3 aromatic carbocycles. The quantitative estimate of drug-likeness (QED) is 0.0472. The summed E-state index contributed by atoms with van der Waals surface area (Å²) in [7, 11) is 2.54. The summed E-state index contributed by atoms with van der Waals surface area (Å²) in [4.78, 5) is 73.2. The van der Waals surface area contributed by atoms with Crippen molar-refractivity contribution in [2.75, 3.05) is 50.2 Å². The third-order valence-corrected chi connectivity index (χ3v) is 14.0. The normalized spacial score (nSPS) is 18.9. The first kappa shape index (κ1) is 51.9. The number of methoxy groups -OCH3 is 2. The third kappa shape index (κ3) is 11.7. The number of anilines is 2. The summed E-state index contributed by atoms with van der Waals surface area (Å²) in [5, 5.41) is 8.22. The summed E-state index contributed by atoms with van der Waals surface area (Å²) in [6, 6.07) is 12.9. The van der Waals surface area contributed by atoms with Gasteiger partial charge >= 0.3 is 12.2 Å². The zero-order chi connectivity index (χ0) is 50.9. The lowest BCUT2D eigenvalue weighted by molar-refractivity contribution is -0.135. The molecule has 0 aliphatic carbocycles. The first-order chi connectivity index (χ1) is 34.2. The summed E-state index contributed by atoms with van der Waals surface area (Å²) in [5.41, 5.74) is 5.64. The van der Waals surface area contributed by atoms with Crippen molar-refractivity contribution in [3.05, 3.63) is 82.9 Å². The molecule has 5 N–H and O–H groups in total. The number of halogens is 2. The van der Waals surface area contributed by atoms with Gasteiger partial charge in [0, 0.05) is 38.3 Å². The Morgan fingerprint density at radius 3 is 1.89 bits per heavy atom. The van der Waals surface area contributed by atoms with E-state index in [0.29, 0.717) is 63.4 Å². The van der Waals surface area contributed by atoms with Crippen LogP contribution in [0.15, 0.2) is 48.5 Å². The van der Waals surface area contributed by atoms with Gasteiger partial charge in [-0.3, -0.25) is 9.59 Å². The lowest BCUT2D eigenvalue weighted by atomic mass is 10.0. The largest absolute Gasteiger partial charge is 0.453 e. The summed E-state index contributed by atoms with van der Waals surface area (Å²) in [5.74, 6) is -0.399. The van der Waals surface area contributed by atoms with Crippen LogP contribution >= 0.6 is 0 Å². The summed E-state index contributed by atoms with van der Waals surface area (Å²) < 4.78 is 42.1. The first-order valence-corrected chi connectivity index (χ1v) is 24.9. The molecule has 0 spiro atoms. The summed E-state index contributed by atoms with van der Waals surface area (Å²) in [6.45, 7) is 9.69. The second-order valence-electron chi connectivity index (χ2n) is 19.3. The number of ether oxygens (including phenoxy) is 2. The number of aromatic amines is 2. The maximum atomic E-state index is 16.3. The maximum Gasteiger partial charge on any atom is 0.407 e. The van der Waals surface area contributed by atoms with Gasteiger partial charge in [-0.1, -0.05) is 39.8 Å². The molecule has 0 saturated carbocycles. The number of aromatic nitrogens is 4. The number of aryl methyl sites for hydroxylation is 1. The first-order valence-electron chi connectivity index (χ1n) is 24.9. The molecule has 2 aromatic heterocycles. The molecule has 18 heteroatoms. The van der Waals surface area contributed by atoms with E-state index in [2.05, 4.69) is 66.6 Å². The lowest BCUT2D eigenvalue weighted by Crippen LogP contribution is -2.51. The fourth-order valence-electron chi connectivity index (χ4n) is 10.4. The molecule has 5 atom stereocenters. The SMILES string of the molecule is C#C.COC(=O)NC(C(=O)NCCCCc1nc2ccc([C@H]3CC[C@H](c4ccc5nc([C@@H]6CCCN6C(=O)[C@@H](NC(=O)OC)C(C)C)[nH]c5c4)N3c3cc(F)c(N4CCCCC4)c(F)c3)cc2[nH]1)C(C)C. The van der Waals surface area contributed by atoms with E-state index in [0.717, 1.165) is 77.5 Å². The molecule has 0 radical (unpaired) electrons. The average Bonchev–Trinajstić information content (AvgIpc) is 4.20. The number of amides is 4. The summed E-state index contributed by atoms with van der Waals surface area (Å²) in [6.07, 6.45) is 14.6. The topological polar surface area (TPSA) is 190 Å². The van der Waals surface area contributed by atoms with Gasteiger partial charge in [0.05, 0.1) is 54.4 Å². The van der Waals surface area contributed by atoms with E-state index in [1.54, 1.807) is 4.90 Å². The van der Waals surface area contributed by atoms with Crippen molar-refractivity contribution in [2.24, 2.45) is 11.8 Å². The number of carbonyl (C=O) groups is 4. The van der Waals surface area contributed by atoms with Gasteiger partial charge in [0.25, 0.3) is 0 Å². The molecule has 71 heavy (non-hydrogen) atoms. The number of hydrogen-bond donors (Lipinski definition) is 5. The van der Waals surface area contributed by atoms with E-state index in [1.165, 1.54) is 26.4 Å². The van der Waals surface area contributed by atoms with E-state index in [-0.39, 0.29) is 47.5 Å². The van der Waals surface area contributed by atoms with Crippen molar-refractivity contribution in [3.8, 4) is 12.8 Å². The molecular formula is C53H68F2N10O6. The van der Waals surface area contributed by atoms with Crippen molar-refractivity contribution >= 4 is 57.4 Å². The highest BCUT2D eigenvalue weighted by Crippen LogP contribution is 2.49. The molecule has 8 rings (SSSR count). The zero-order valence-corrected chi connectivity index (χ0v) is 41.7. The van der Waals surface area contributed by atoms with E-state index in [4.69, 9.17) is 14.7 Å². The molecule has 0 bridgehead atoms. The molecule has 3 aliphatic rings. The number of rotatable bonds is 16. The number of likely N-dealkylation sites (tertiary alicyclic amines) is 1. The molecule has 4 amide bonds. The maximum absolute atomic E-state index is 16.3. The molecule has 5 heterocycles. The Hall–Kier alpha value is -6.90. The fraction of sp³-hybridized carbons (Fsp3) is 0.509. The number of fused-ring (bicyclic) bond motifs is 2. The highest BCUT2D eigenvalue weighted by Gasteiger charge is 2.39. The third-order valence-electron chi connectivity index (χ3n) is 14.0. The Kier molecular flexibility index (Phi) is 17.1. The lowest BCUT2D eigenvalue weighted by Gasteiger charge is -2.35. The minimum atomic E-state index is -0.754. The monoisotopic (exact) mass is 979 g/mol. The molecule has 5 aromatic rings. The molecular weight excluding hydrogens is 911 g/mol. The predicted octanol–water partition coefficient (Wildman–Crippen LogP) is 8.90. The molecule has 3 fully saturated rings. The predicted molar refractivity (Wildman–Crippen MR) is 270 cm³/mol. The highest BCUT2D eigenvalue weighted by molar-refractivity contribution is 5.87. The van der Waals surface area contributed by atoms with Gasteiger partial charge in [-0.25, -0.2) is 28.3 Å². The minimum absolute atomic E-state index is 0.0292. The number of hydrogen-bond acceptors (Lipinski definition) is 10. The average molecular weight is 979 g/mol. The van der Waals surface area contributed by atoms with Gasteiger partial charge < -0.3 is 50.1 Å². The number of piperidine rings is 1. The number of nitrogens with one attached hydrogen (secondary N) is 5. The number of benzene rings is 3. The van der Waals surface area contributed by atoms with E-state index in [9.17, 15) is 19.2 Å². The van der Waals surface area contributed by atoms with Crippen LogP contribution in [0.4, 0.5) is 29.7 Å². The van der Waals surface area contributed by atoms with Gasteiger partial charge in [0.2, 0.25) is 11.8 Å².